The monoisotopic (exact) mass is 268 g/mol. The predicted octanol–water partition coefficient (Wildman–Crippen LogP) is 2.90. The molecule has 0 unspecified atom stereocenters. The molecule has 17 heavy (non-hydrogen) atoms. The summed E-state index contributed by atoms with van der Waals surface area (Å²) in [6.07, 6.45) is 1.39. The van der Waals surface area contributed by atoms with E-state index in [1.165, 1.54) is 0 Å². The van der Waals surface area contributed by atoms with Crippen LogP contribution in [-0.2, 0) is 9.47 Å². The van der Waals surface area contributed by atoms with Crippen LogP contribution in [0, 0.1) is 0 Å². The van der Waals surface area contributed by atoms with E-state index in [9.17, 15) is 0 Å². The number of ether oxygens (including phenoxy) is 2. The lowest BCUT2D eigenvalue weighted by Gasteiger charge is -2.03. The van der Waals surface area contributed by atoms with Gasteiger partial charge >= 0.3 is 0 Å². The van der Waals surface area contributed by atoms with Gasteiger partial charge in [0.2, 0.25) is 6.29 Å². The molecule has 0 bridgehead atoms. The van der Waals surface area contributed by atoms with E-state index in [1.54, 1.807) is 23.6 Å². The molecule has 6 heteroatoms. The molecule has 0 amide bonds. The molecule has 0 aliphatic carbocycles. The van der Waals surface area contributed by atoms with Crippen molar-refractivity contribution in [3.8, 4) is 10.6 Å². The predicted molar refractivity (Wildman–Crippen MR) is 65.0 cm³/mol. The lowest BCUT2D eigenvalue weighted by Crippen LogP contribution is -1.97. The molecule has 3 heterocycles. The Kier molecular flexibility index (Phi) is 3.07. The van der Waals surface area contributed by atoms with Crippen molar-refractivity contribution in [2.24, 2.45) is 0 Å². The van der Waals surface area contributed by atoms with Gasteiger partial charge in [0.25, 0.3) is 0 Å². The van der Waals surface area contributed by atoms with E-state index < -0.39 is 0 Å². The van der Waals surface area contributed by atoms with E-state index in [2.05, 4.69) is 9.97 Å². The minimum Gasteiger partial charge on any atom is -0.345 e. The molecule has 0 radical (unpaired) electrons. The highest BCUT2D eigenvalue weighted by atomic mass is 35.5. The summed E-state index contributed by atoms with van der Waals surface area (Å²) in [6, 6.07) is 3.65. The van der Waals surface area contributed by atoms with E-state index in [4.69, 9.17) is 21.1 Å². The molecule has 1 aliphatic heterocycles. The Morgan fingerprint density at radius 3 is 2.82 bits per heavy atom. The molecule has 2 aromatic heterocycles. The Labute approximate surface area is 107 Å². The van der Waals surface area contributed by atoms with Crippen molar-refractivity contribution in [1.82, 2.24) is 9.97 Å². The normalized spacial score (nSPS) is 16.5. The van der Waals surface area contributed by atoms with Crippen LogP contribution in [0.4, 0.5) is 0 Å². The van der Waals surface area contributed by atoms with Crippen molar-refractivity contribution in [2.75, 3.05) is 13.2 Å². The van der Waals surface area contributed by atoms with Gasteiger partial charge in [-0.1, -0.05) is 11.6 Å². The standard InChI is InChI=1S/C11H9ClN2O2S/c12-9-2-1-7(5-13-9)10-14-8(6-17-10)11-15-3-4-16-11/h1-2,5-6,11H,3-4H2. The fourth-order valence-electron chi connectivity index (χ4n) is 1.56. The topological polar surface area (TPSA) is 44.2 Å². The summed E-state index contributed by atoms with van der Waals surface area (Å²) in [6.45, 7) is 1.25. The fourth-order valence-corrected chi connectivity index (χ4v) is 2.48. The molecule has 1 fully saturated rings. The highest BCUT2D eigenvalue weighted by Gasteiger charge is 2.21. The summed E-state index contributed by atoms with van der Waals surface area (Å²) in [5.41, 5.74) is 1.76. The van der Waals surface area contributed by atoms with E-state index in [0.717, 1.165) is 16.3 Å². The second kappa shape index (κ2) is 4.70. The lowest BCUT2D eigenvalue weighted by atomic mass is 10.3. The Morgan fingerprint density at radius 1 is 1.29 bits per heavy atom. The van der Waals surface area contributed by atoms with Gasteiger partial charge in [-0.05, 0) is 12.1 Å². The number of hydrogen-bond donors (Lipinski definition) is 0. The van der Waals surface area contributed by atoms with E-state index in [0.29, 0.717) is 18.4 Å². The molecule has 3 rings (SSSR count). The Balaban J connectivity index is 1.86. The van der Waals surface area contributed by atoms with Crippen molar-refractivity contribution >= 4 is 22.9 Å². The smallest absolute Gasteiger partial charge is 0.202 e. The van der Waals surface area contributed by atoms with Gasteiger partial charge < -0.3 is 9.47 Å². The van der Waals surface area contributed by atoms with E-state index >= 15 is 0 Å². The third-order valence-corrected chi connectivity index (χ3v) is 3.49. The third-order valence-electron chi connectivity index (χ3n) is 2.36. The molecule has 2 aromatic rings. The van der Waals surface area contributed by atoms with Gasteiger partial charge in [-0.25, -0.2) is 9.97 Å². The van der Waals surface area contributed by atoms with Crippen LogP contribution in [0.15, 0.2) is 23.7 Å². The molecule has 88 valence electrons. The maximum absolute atomic E-state index is 5.74. The first kappa shape index (κ1) is 11.1. The molecule has 0 saturated carbocycles. The zero-order valence-electron chi connectivity index (χ0n) is 8.80. The van der Waals surface area contributed by atoms with E-state index in [-0.39, 0.29) is 6.29 Å². The average Bonchev–Trinajstić information content (AvgIpc) is 3.00. The quantitative estimate of drug-likeness (QED) is 0.786. The molecule has 4 nitrogen and oxygen atoms in total. The lowest BCUT2D eigenvalue weighted by molar-refractivity contribution is -0.0468. The molecule has 1 aliphatic rings. The van der Waals surface area contributed by atoms with Gasteiger partial charge in [-0.15, -0.1) is 11.3 Å². The van der Waals surface area contributed by atoms with Crippen LogP contribution in [-0.4, -0.2) is 23.2 Å². The van der Waals surface area contributed by atoms with Crippen molar-refractivity contribution in [1.29, 1.82) is 0 Å². The van der Waals surface area contributed by atoms with Crippen LogP contribution < -0.4 is 0 Å². The molecular formula is C11H9ClN2O2S. The van der Waals surface area contributed by atoms with Crippen molar-refractivity contribution in [2.45, 2.75) is 6.29 Å². The summed E-state index contributed by atoms with van der Waals surface area (Å²) in [5.74, 6) is 0. The molecule has 0 spiro atoms. The first-order valence-electron chi connectivity index (χ1n) is 5.13. The Morgan fingerprint density at radius 2 is 2.12 bits per heavy atom. The second-order valence-corrected chi connectivity index (χ2v) is 4.77. The fraction of sp³-hybridized carbons (Fsp3) is 0.273. The summed E-state index contributed by atoms with van der Waals surface area (Å²) in [7, 11) is 0. The number of nitrogens with zero attached hydrogens (tertiary/aromatic N) is 2. The van der Waals surface area contributed by atoms with Crippen LogP contribution >= 0.6 is 22.9 Å². The highest BCUT2D eigenvalue weighted by Crippen LogP contribution is 2.29. The molecule has 0 aromatic carbocycles. The van der Waals surface area contributed by atoms with Crippen LogP contribution in [0.5, 0.6) is 0 Å². The molecule has 0 N–H and O–H groups in total. The van der Waals surface area contributed by atoms with Crippen LogP contribution in [0.25, 0.3) is 10.6 Å². The average molecular weight is 269 g/mol. The minimum atomic E-state index is -0.319. The van der Waals surface area contributed by atoms with Crippen molar-refractivity contribution in [3.05, 3.63) is 34.6 Å². The van der Waals surface area contributed by atoms with Gasteiger partial charge in [0, 0.05) is 17.1 Å². The molecule has 1 saturated heterocycles. The third kappa shape index (κ3) is 2.32. The second-order valence-electron chi connectivity index (χ2n) is 3.52. The number of rotatable bonds is 2. The van der Waals surface area contributed by atoms with Crippen LogP contribution in [0.2, 0.25) is 5.15 Å². The SMILES string of the molecule is Clc1ccc(-c2nc(C3OCCO3)cs2)cn1. The largest absolute Gasteiger partial charge is 0.345 e. The molecule has 0 atom stereocenters. The van der Waals surface area contributed by atoms with Gasteiger partial charge in [0.05, 0.1) is 13.2 Å². The highest BCUT2D eigenvalue weighted by molar-refractivity contribution is 7.13. The maximum atomic E-state index is 5.74. The first-order valence-corrected chi connectivity index (χ1v) is 6.39. The van der Waals surface area contributed by atoms with Gasteiger partial charge in [0.15, 0.2) is 0 Å². The summed E-state index contributed by atoms with van der Waals surface area (Å²) in [4.78, 5) is 8.51. The van der Waals surface area contributed by atoms with Gasteiger partial charge in [0.1, 0.15) is 15.9 Å². The minimum absolute atomic E-state index is 0.319. The van der Waals surface area contributed by atoms with Crippen LogP contribution in [0.1, 0.15) is 12.0 Å². The van der Waals surface area contributed by atoms with Gasteiger partial charge in [-0.2, -0.15) is 0 Å². The molecular weight excluding hydrogens is 260 g/mol. The number of hydrogen-bond acceptors (Lipinski definition) is 5. The summed E-state index contributed by atoms with van der Waals surface area (Å²) in [5, 5.41) is 3.32. The number of thiazole rings is 1. The zero-order chi connectivity index (χ0) is 11.7. The van der Waals surface area contributed by atoms with Gasteiger partial charge in [-0.3, -0.25) is 0 Å². The summed E-state index contributed by atoms with van der Waals surface area (Å²) < 4.78 is 10.8. The Hall–Kier alpha value is -1.01. The van der Waals surface area contributed by atoms with Crippen LogP contribution in [0.3, 0.4) is 0 Å². The number of pyridine rings is 1. The first-order chi connectivity index (χ1) is 8.33. The van der Waals surface area contributed by atoms with Crippen molar-refractivity contribution in [3.63, 3.8) is 0 Å². The van der Waals surface area contributed by atoms with Crippen molar-refractivity contribution < 1.29 is 9.47 Å². The Bertz CT molecular complexity index is 508. The maximum Gasteiger partial charge on any atom is 0.202 e. The zero-order valence-corrected chi connectivity index (χ0v) is 10.4. The number of aromatic nitrogens is 2. The number of halogens is 1. The summed E-state index contributed by atoms with van der Waals surface area (Å²) >= 11 is 7.28. The van der Waals surface area contributed by atoms with E-state index in [1.807, 2.05) is 11.4 Å².